The summed E-state index contributed by atoms with van der Waals surface area (Å²) in [6.07, 6.45) is 9.69. The molecule has 1 rings (SSSR count). The molecule has 0 saturated carbocycles. The van der Waals surface area contributed by atoms with Gasteiger partial charge in [0.2, 0.25) is 0 Å². The predicted octanol–water partition coefficient (Wildman–Crippen LogP) is 6.55. The van der Waals surface area contributed by atoms with E-state index < -0.39 is 0 Å². The number of hydrogen-bond acceptors (Lipinski definition) is 0. The summed E-state index contributed by atoms with van der Waals surface area (Å²) in [7, 11) is 0. The highest BCUT2D eigenvalue weighted by molar-refractivity contribution is 5.29. The van der Waals surface area contributed by atoms with E-state index in [1.165, 1.54) is 30.4 Å². The molecule has 2 atom stereocenters. The van der Waals surface area contributed by atoms with Gasteiger partial charge in [0.1, 0.15) is 0 Å². The molecule has 118 valence electrons. The highest BCUT2D eigenvalue weighted by atomic mass is 14.2. The van der Waals surface area contributed by atoms with Crippen LogP contribution in [0.1, 0.15) is 71.9 Å². The molecule has 0 aliphatic rings. The quantitative estimate of drug-likeness (QED) is 0.499. The largest absolute Gasteiger partial charge is 0.0885 e. The minimum Gasteiger partial charge on any atom is -0.0885 e. The highest BCUT2D eigenvalue weighted by Gasteiger charge is 2.17. The maximum absolute atomic E-state index is 2.45. The van der Waals surface area contributed by atoms with E-state index in [1.807, 2.05) is 0 Å². The Labute approximate surface area is 132 Å². The summed E-state index contributed by atoms with van der Waals surface area (Å²) >= 11 is 0. The van der Waals surface area contributed by atoms with Crippen molar-refractivity contribution in [3.05, 3.63) is 47.5 Å². The van der Waals surface area contributed by atoms with E-state index >= 15 is 0 Å². The molecule has 0 heteroatoms. The summed E-state index contributed by atoms with van der Waals surface area (Å²) in [5.41, 5.74) is 3.16. The Morgan fingerprint density at radius 3 is 2.43 bits per heavy atom. The van der Waals surface area contributed by atoms with Gasteiger partial charge in [0, 0.05) is 0 Å². The van der Waals surface area contributed by atoms with Crippen LogP contribution in [0.2, 0.25) is 0 Å². The first kappa shape index (κ1) is 18.0. The molecule has 2 unspecified atom stereocenters. The van der Waals surface area contributed by atoms with Gasteiger partial charge < -0.3 is 0 Å². The summed E-state index contributed by atoms with van der Waals surface area (Å²) in [5.74, 6) is 1.43. The molecule has 21 heavy (non-hydrogen) atoms. The van der Waals surface area contributed by atoms with Crippen LogP contribution in [0, 0.1) is 11.8 Å². The third-order valence-corrected chi connectivity index (χ3v) is 4.36. The average molecular weight is 287 g/mol. The van der Waals surface area contributed by atoms with E-state index in [2.05, 4.69) is 78.0 Å². The van der Waals surface area contributed by atoms with Crippen LogP contribution in [0.3, 0.4) is 0 Å². The number of rotatable bonds is 7. The molecule has 0 aliphatic heterocycles. The fourth-order valence-electron chi connectivity index (χ4n) is 2.88. The van der Waals surface area contributed by atoms with Crippen LogP contribution < -0.4 is 0 Å². The smallest absolute Gasteiger partial charge is 0.0132 e. The van der Waals surface area contributed by atoms with Gasteiger partial charge in [0.15, 0.2) is 0 Å². The van der Waals surface area contributed by atoms with Gasteiger partial charge in [-0.25, -0.2) is 0 Å². The van der Waals surface area contributed by atoms with Crippen molar-refractivity contribution in [3.8, 4) is 0 Å². The second kappa shape index (κ2) is 8.41. The van der Waals surface area contributed by atoms with Gasteiger partial charge in [-0.15, -0.1) is 0 Å². The predicted molar refractivity (Wildman–Crippen MR) is 95.8 cm³/mol. The Morgan fingerprint density at radius 1 is 1.14 bits per heavy atom. The molecular weight excluding hydrogens is 252 g/mol. The molecule has 0 aromatic heterocycles. The molecule has 1 aromatic rings. The highest BCUT2D eigenvalue weighted by Crippen LogP contribution is 2.27. The Bertz CT molecular complexity index is 434. The van der Waals surface area contributed by atoms with Crippen molar-refractivity contribution in [2.75, 3.05) is 0 Å². The molecule has 0 N–H and O–H groups in total. The van der Waals surface area contributed by atoms with Crippen LogP contribution in [0.4, 0.5) is 0 Å². The fraction of sp³-hybridized carbons (Fsp3) is 0.619. The molecule has 0 amide bonds. The SMILES string of the molecule is CCC=CC(Cc1cccc(C(C)(C)C)c1)C(C)CCC. The summed E-state index contributed by atoms with van der Waals surface area (Å²) in [5, 5.41) is 0. The summed E-state index contributed by atoms with van der Waals surface area (Å²) < 4.78 is 0. The Morgan fingerprint density at radius 2 is 1.86 bits per heavy atom. The second-order valence-corrected chi connectivity index (χ2v) is 7.42. The van der Waals surface area contributed by atoms with E-state index in [9.17, 15) is 0 Å². The van der Waals surface area contributed by atoms with Crippen molar-refractivity contribution >= 4 is 0 Å². The zero-order valence-electron chi connectivity index (χ0n) is 14.9. The monoisotopic (exact) mass is 286 g/mol. The van der Waals surface area contributed by atoms with Crippen molar-refractivity contribution in [1.29, 1.82) is 0 Å². The molecule has 0 bridgehead atoms. The van der Waals surface area contributed by atoms with Gasteiger partial charge in [-0.2, -0.15) is 0 Å². The van der Waals surface area contributed by atoms with Crippen LogP contribution in [0.15, 0.2) is 36.4 Å². The number of benzene rings is 1. The molecule has 0 aliphatic carbocycles. The third-order valence-electron chi connectivity index (χ3n) is 4.36. The third kappa shape index (κ3) is 6.08. The standard InChI is InChI=1S/C21H34/c1-7-9-13-19(17(3)11-8-2)15-18-12-10-14-20(16-18)21(4,5)6/h9-10,12-14,16-17,19H,7-8,11,15H2,1-6H3. The molecule has 0 spiro atoms. The van der Waals surface area contributed by atoms with Crippen molar-refractivity contribution < 1.29 is 0 Å². The first-order valence-corrected chi connectivity index (χ1v) is 8.64. The maximum Gasteiger partial charge on any atom is -0.0132 e. The zero-order valence-corrected chi connectivity index (χ0v) is 14.9. The van der Waals surface area contributed by atoms with E-state index in [-0.39, 0.29) is 5.41 Å². The van der Waals surface area contributed by atoms with Gasteiger partial charge in [-0.05, 0) is 41.2 Å². The molecule has 1 aromatic carbocycles. The van der Waals surface area contributed by atoms with Crippen molar-refractivity contribution in [2.45, 2.75) is 72.6 Å². The van der Waals surface area contributed by atoms with Crippen molar-refractivity contribution in [1.82, 2.24) is 0 Å². The second-order valence-electron chi connectivity index (χ2n) is 7.42. The molecule has 0 saturated heterocycles. The summed E-state index contributed by atoms with van der Waals surface area (Å²) in [6.45, 7) is 13.8. The number of allylic oxidation sites excluding steroid dienone is 2. The van der Waals surface area contributed by atoms with Crippen LogP contribution >= 0.6 is 0 Å². The fourth-order valence-corrected chi connectivity index (χ4v) is 2.88. The van der Waals surface area contributed by atoms with Gasteiger partial charge >= 0.3 is 0 Å². The average Bonchev–Trinajstić information content (AvgIpc) is 2.43. The van der Waals surface area contributed by atoms with Crippen LogP contribution in [0.5, 0.6) is 0 Å². The van der Waals surface area contributed by atoms with Gasteiger partial charge in [0.25, 0.3) is 0 Å². The molecule has 0 fully saturated rings. The minimum atomic E-state index is 0.236. The number of hydrogen-bond donors (Lipinski definition) is 0. The van der Waals surface area contributed by atoms with Gasteiger partial charge in [-0.1, -0.05) is 90.8 Å². The minimum absolute atomic E-state index is 0.236. The summed E-state index contributed by atoms with van der Waals surface area (Å²) in [6, 6.07) is 9.18. The lowest BCUT2D eigenvalue weighted by atomic mass is 9.82. The van der Waals surface area contributed by atoms with Crippen LogP contribution in [-0.4, -0.2) is 0 Å². The lowest BCUT2D eigenvalue weighted by Gasteiger charge is -2.23. The molecule has 0 radical (unpaired) electrons. The lowest BCUT2D eigenvalue weighted by molar-refractivity contribution is 0.394. The Kier molecular flexibility index (Phi) is 7.22. The van der Waals surface area contributed by atoms with Crippen LogP contribution in [0.25, 0.3) is 0 Å². The van der Waals surface area contributed by atoms with Crippen molar-refractivity contribution in [2.24, 2.45) is 11.8 Å². The molecular formula is C21H34. The van der Waals surface area contributed by atoms with E-state index in [0.717, 1.165) is 12.3 Å². The first-order valence-electron chi connectivity index (χ1n) is 8.64. The van der Waals surface area contributed by atoms with E-state index in [1.54, 1.807) is 0 Å². The molecule has 0 nitrogen and oxygen atoms in total. The van der Waals surface area contributed by atoms with E-state index in [0.29, 0.717) is 5.92 Å². The zero-order chi connectivity index (χ0) is 15.9. The first-order chi connectivity index (χ1) is 9.88. The molecule has 0 heterocycles. The Balaban J connectivity index is 2.90. The van der Waals surface area contributed by atoms with Crippen LogP contribution in [-0.2, 0) is 11.8 Å². The normalized spacial score (nSPS) is 15.3. The lowest BCUT2D eigenvalue weighted by Crippen LogP contribution is -2.14. The van der Waals surface area contributed by atoms with Crippen molar-refractivity contribution in [3.63, 3.8) is 0 Å². The van der Waals surface area contributed by atoms with Gasteiger partial charge in [0.05, 0.1) is 0 Å². The summed E-state index contributed by atoms with van der Waals surface area (Å²) in [4.78, 5) is 0. The Hall–Kier alpha value is -1.04. The van der Waals surface area contributed by atoms with Gasteiger partial charge in [-0.3, -0.25) is 0 Å². The topological polar surface area (TPSA) is 0 Å². The van der Waals surface area contributed by atoms with E-state index in [4.69, 9.17) is 0 Å². The maximum atomic E-state index is 2.45.